The van der Waals surface area contributed by atoms with Crippen LogP contribution in [0, 0.1) is 5.82 Å². The first kappa shape index (κ1) is 29.1. The summed E-state index contributed by atoms with van der Waals surface area (Å²) < 4.78 is 44.7. The Balaban J connectivity index is 2.19. The number of nitrogens with zero attached hydrogens (tertiary/aromatic N) is 2. The molecule has 2 amide bonds. The van der Waals surface area contributed by atoms with E-state index >= 15 is 0 Å². The number of methoxy groups -OCH3 is 1. The zero-order valence-electron chi connectivity index (χ0n) is 21.7. The molecule has 0 radical (unpaired) electrons. The number of rotatable bonds is 11. The van der Waals surface area contributed by atoms with E-state index in [2.05, 4.69) is 5.32 Å². The number of anilines is 1. The van der Waals surface area contributed by atoms with Gasteiger partial charge in [0.25, 0.3) is 0 Å². The third-order valence-electron chi connectivity index (χ3n) is 5.43. The fraction of sp³-hybridized carbons (Fsp3) is 0.462. The van der Waals surface area contributed by atoms with Gasteiger partial charge in [0.2, 0.25) is 21.8 Å². The lowest BCUT2D eigenvalue weighted by molar-refractivity contribution is -0.141. The smallest absolute Gasteiger partial charge is 0.242 e. The van der Waals surface area contributed by atoms with Gasteiger partial charge < -0.3 is 15.0 Å². The minimum absolute atomic E-state index is 0.0182. The molecule has 1 N–H and O–H groups in total. The number of sulfonamides is 1. The number of halogens is 1. The second-order valence-electron chi connectivity index (χ2n) is 9.70. The van der Waals surface area contributed by atoms with Crippen molar-refractivity contribution in [1.82, 2.24) is 10.2 Å². The molecular formula is C26H36FN3O5S. The molecule has 36 heavy (non-hydrogen) atoms. The molecule has 2 aromatic rings. The molecule has 0 aliphatic rings. The molecule has 2 aromatic carbocycles. The molecule has 0 spiro atoms. The molecule has 0 fully saturated rings. The molecule has 0 aromatic heterocycles. The summed E-state index contributed by atoms with van der Waals surface area (Å²) in [5.74, 6) is -0.503. The van der Waals surface area contributed by atoms with Crippen molar-refractivity contribution in [3.8, 4) is 5.75 Å². The van der Waals surface area contributed by atoms with E-state index in [1.54, 1.807) is 43.3 Å². The van der Waals surface area contributed by atoms with Gasteiger partial charge in [0.1, 0.15) is 17.6 Å². The minimum atomic E-state index is -3.61. The lowest BCUT2D eigenvalue weighted by Gasteiger charge is -2.32. The van der Waals surface area contributed by atoms with Crippen LogP contribution in [0.3, 0.4) is 0 Å². The highest BCUT2D eigenvalue weighted by molar-refractivity contribution is 7.92. The Hall–Kier alpha value is -3.14. The average Bonchev–Trinajstić information content (AvgIpc) is 2.79. The van der Waals surface area contributed by atoms with Gasteiger partial charge in [-0.1, -0.05) is 18.2 Å². The van der Waals surface area contributed by atoms with Gasteiger partial charge in [-0.2, -0.15) is 0 Å². The normalized spacial score (nSPS) is 12.5. The first-order chi connectivity index (χ1) is 16.7. The summed E-state index contributed by atoms with van der Waals surface area (Å²) in [7, 11) is -2.12. The first-order valence-corrected chi connectivity index (χ1v) is 13.5. The van der Waals surface area contributed by atoms with Gasteiger partial charge in [-0.3, -0.25) is 13.9 Å². The molecule has 0 heterocycles. The van der Waals surface area contributed by atoms with Crippen molar-refractivity contribution in [3.63, 3.8) is 0 Å². The Kier molecular flexibility index (Phi) is 9.86. The van der Waals surface area contributed by atoms with Crippen LogP contribution in [0.25, 0.3) is 0 Å². The first-order valence-electron chi connectivity index (χ1n) is 11.7. The standard InChI is InChI=1S/C26H36FN3O5S/c1-19(25(32)28-26(2,3)4)29(18-20-12-14-21(27)15-13-20)24(31)11-8-16-30(36(6,33)34)22-9-7-10-23(17-22)35-5/h7,9-10,12-15,17,19H,8,11,16,18H2,1-6H3,(H,28,32)/t19-/m1/s1. The van der Waals surface area contributed by atoms with Crippen LogP contribution in [-0.2, 0) is 26.2 Å². The summed E-state index contributed by atoms with van der Waals surface area (Å²) in [6, 6.07) is 11.6. The van der Waals surface area contributed by atoms with Gasteiger partial charge in [0.15, 0.2) is 0 Å². The van der Waals surface area contributed by atoms with E-state index in [0.29, 0.717) is 17.0 Å². The van der Waals surface area contributed by atoms with Gasteiger partial charge >= 0.3 is 0 Å². The predicted octanol–water partition coefficient (Wildman–Crippen LogP) is 3.71. The lowest BCUT2D eigenvalue weighted by atomic mass is 10.1. The number of benzene rings is 2. The quantitative estimate of drug-likeness (QED) is 0.486. The van der Waals surface area contributed by atoms with Crippen molar-refractivity contribution in [2.24, 2.45) is 0 Å². The number of hydrogen-bond acceptors (Lipinski definition) is 5. The van der Waals surface area contributed by atoms with Gasteiger partial charge in [-0.15, -0.1) is 0 Å². The van der Waals surface area contributed by atoms with Crippen LogP contribution < -0.4 is 14.4 Å². The zero-order chi connectivity index (χ0) is 27.1. The third kappa shape index (κ3) is 8.82. The highest BCUT2D eigenvalue weighted by Crippen LogP contribution is 2.24. The maximum absolute atomic E-state index is 13.4. The largest absolute Gasteiger partial charge is 0.497 e. The number of nitrogens with one attached hydrogen (secondary N) is 1. The Labute approximate surface area is 213 Å². The number of amides is 2. The van der Waals surface area contributed by atoms with Crippen molar-refractivity contribution in [2.45, 2.75) is 58.7 Å². The van der Waals surface area contributed by atoms with E-state index < -0.39 is 27.4 Å². The summed E-state index contributed by atoms with van der Waals surface area (Å²) in [5, 5.41) is 2.88. The summed E-state index contributed by atoms with van der Waals surface area (Å²) in [6.07, 6.45) is 1.36. The maximum Gasteiger partial charge on any atom is 0.242 e. The van der Waals surface area contributed by atoms with Crippen LogP contribution >= 0.6 is 0 Å². The molecule has 8 nitrogen and oxygen atoms in total. The second kappa shape index (κ2) is 12.2. The van der Waals surface area contributed by atoms with E-state index in [-0.39, 0.29) is 37.7 Å². The highest BCUT2D eigenvalue weighted by atomic mass is 32.2. The van der Waals surface area contributed by atoms with E-state index in [0.717, 1.165) is 6.26 Å². The monoisotopic (exact) mass is 521 g/mol. The van der Waals surface area contributed by atoms with Gasteiger partial charge in [-0.25, -0.2) is 12.8 Å². The molecular weight excluding hydrogens is 485 g/mol. The van der Waals surface area contributed by atoms with Gasteiger partial charge in [0, 0.05) is 31.1 Å². The van der Waals surface area contributed by atoms with Crippen molar-refractivity contribution < 1.29 is 27.1 Å². The fourth-order valence-electron chi connectivity index (χ4n) is 3.61. The topological polar surface area (TPSA) is 96.0 Å². The summed E-state index contributed by atoms with van der Waals surface area (Å²) in [5.41, 5.74) is 0.627. The van der Waals surface area contributed by atoms with E-state index in [9.17, 15) is 22.4 Å². The molecule has 10 heteroatoms. The van der Waals surface area contributed by atoms with E-state index in [4.69, 9.17) is 4.74 Å². The van der Waals surface area contributed by atoms with Crippen LogP contribution in [-0.4, -0.2) is 56.6 Å². The average molecular weight is 522 g/mol. The molecule has 0 aliphatic carbocycles. The Morgan fingerprint density at radius 2 is 1.75 bits per heavy atom. The van der Waals surface area contributed by atoms with Crippen LogP contribution in [0.1, 0.15) is 46.1 Å². The predicted molar refractivity (Wildman–Crippen MR) is 139 cm³/mol. The molecule has 0 aliphatic heterocycles. The van der Waals surface area contributed by atoms with Crippen molar-refractivity contribution in [3.05, 3.63) is 59.9 Å². The highest BCUT2D eigenvalue weighted by Gasteiger charge is 2.28. The van der Waals surface area contributed by atoms with E-state index in [1.165, 1.54) is 28.4 Å². The van der Waals surface area contributed by atoms with Crippen LogP contribution in [0.4, 0.5) is 10.1 Å². The number of ether oxygens (including phenoxy) is 1. The molecule has 0 saturated carbocycles. The summed E-state index contributed by atoms with van der Waals surface area (Å²) in [4.78, 5) is 27.6. The SMILES string of the molecule is COc1cccc(N(CCCC(=O)N(Cc2ccc(F)cc2)[C@H](C)C(=O)NC(C)(C)C)S(C)(=O)=O)c1. The van der Waals surface area contributed by atoms with Crippen LogP contribution in [0.2, 0.25) is 0 Å². The van der Waals surface area contributed by atoms with Crippen molar-refractivity contribution in [1.29, 1.82) is 0 Å². The third-order valence-corrected chi connectivity index (χ3v) is 6.62. The number of hydrogen-bond donors (Lipinski definition) is 1. The molecule has 0 saturated heterocycles. The minimum Gasteiger partial charge on any atom is -0.497 e. The Bertz CT molecular complexity index is 1150. The molecule has 198 valence electrons. The second-order valence-corrected chi connectivity index (χ2v) is 11.6. The Morgan fingerprint density at radius 3 is 2.31 bits per heavy atom. The molecule has 2 rings (SSSR count). The van der Waals surface area contributed by atoms with Gasteiger partial charge in [0.05, 0.1) is 19.1 Å². The molecule has 0 unspecified atom stereocenters. The summed E-state index contributed by atoms with van der Waals surface area (Å²) in [6.45, 7) is 7.38. The zero-order valence-corrected chi connectivity index (χ0v) is 22.6. The number of carbonyl (C=O) groups is 2. The number of carbonyl (C=O) groups excluding carboxylic acids is 2. The molecule has 1 atom stereocenters. The summed E-state index contributed by atoms with van der Waals surface area (Å²) >= 11 is 0. The maximum atomic E-state index is 13.4. The van der Waals surface area contributed by atoms with Crippen molar-refractivity contribution in [2.75, 3.05) is 24.2 Å². The van der Waals surface area contributed by atoms with Gasteiger partial charge in [-0.05, 0) is 63.9 Å². The Morgan fingerprint density at radius 1 is 1.11 bits per heavy atom. The van der Waals surface area contributed by atoms with Crippen LogP contribution in [0.5, 0.6) is 5.75 Å². The van der Waals surface area contributed by atoms with Crippen LogP contribution in [0.15, 0.2) is 48.5 Å². The fourth-order valence-corrected chi connectivity index (χ4v) is 4.57. The van der Waals surface area contributed by atoms with Crippen molar-refractivity contribution >= 4 is 27.5 Å². The van der Waals surface area contributed by atoms with E-state index in [1.807, 2.05) is 20.8 Å². The lowest BCUT2D eigenvalue weighted by Crippen LogP contribution is -2.52. The molecule has 0 bridgehead atoms.